The summed E-state index contributed by atoms with van der Waals surface area (Å²) in [6.07, 6.45) is 2.39. The van der Waals surface area contributed by atoms with Crippen molar-refractivity contribution in [3.63, 3.8) is 0 Å². The number of carbonyl (C=O) groups is 2. The molecule has 1 saturated heterocycles. The molecule has 0 radical (unpaired) electrons. The maximum Gasteiger partial charge on any atom is 0.341 e. The highest BCUT2D eigenvalue weighted by atomic mass is 19.1. The maximum atomic E-state index is 13.8. The van der Waals surface area contributed by atoms with Crippen molar-refractivity contribution in [3.8, 4) is 5.75 Å². The van der Waals surface area contributed by atoms with Crippen LogP contribution in [0.5, 0.6) is 5.75 Å². The van der Waals surface area contributed by atoms with Crippen LogP contribution in [0.1, 0.15) is 23.2 Å². The molecule has 27 heavy (non-hydrogen) atoms. The average Bonchev–Trinajstić information content (AvgIpc) is 3.21. The Morgan fingerprint density at radius 1 is 1.11 bits per heavy atom. The molecule has 1 fully saturated rings. The van der Waals surface area contributed by atoms with E-state index in [0.29, 0.717) is 11.4 Å². The summed E-state index contributed by atoms with van der Waals surface area (Å²) in [4.78, 5) is 26.2. The van der Waals surface area contributed by atoms with Gasteiger partial charge in [0.1, 0.15) is 11.6 Å². The summed E-state index contributed by atoms with van der Waals surface area (Å²) in [6.45, 7) is 1.59. The van der Waals surface area contributed by atoms with Crippen molar-refractivity contribution in [1.29, 1.82) is 0 Å². The van der Waals surface area contributed by atoms with E-state index in [4.69, 9.17) is 9.47 Å². The molecular weight excluding hydrogens is 351 g/mol. The van der Waals surface area contributed by atoms with E-state index in [1.54, 1.807) is 12.1 Å². The van der Waals surface area contributed by atoms with Gasteiger partial charge in [-0.3, -0.25) is 4.79 Å². The third-order valence-electron chi connectivity index (χ3n) is 4.35. The second kappa shape index (κ2) is 8.53. The summed E-state index contributed by atoms with van der Waals surface area (Å²) in [5, 5.41) is 2.65. The molecule has 1 heterocycles. The fourth-order valence-corrected chi connectivity index (χ4v) is 2.93. The molecule has 142 valence electrons. The Morgan fingerprint density at radius 2 is 1.81 bits per heavy atom. The first-order valence-corrected chi connectivity index (χ1v) is 8.72. The van der Waals surface area contributed by atoms with E-state index in [1.165, 1.54) is 32.1 Å². The van der Waals surface area contributed by atoms with Gasteiger partial charge in [-0.05, 0) is 49.2 Å². The minimum Gasteiger partial charge on any atom is -0.497 e. The van der Waals surface area contributed by atoms with Crippen molar-refractivity contribution in [2.75, 3.05) is 37.0 Å². The third-order valence-corrected chi connectivity index (χ3v) is 4.35. The van der Waals surface area contributed by atoms with E-state index in [9.17, 15) is 14.0 Å². The number of methoxy groups -OCH3 is 1. The summed E-state index contributed by atoms with van der Waals surface area (Å²) in [7, 11) is 1.40. The Kier molecular flexibility index (Phi) is 5.90. The minimum absolute atomic E-state index is 0.251. The van der Waals surface area contributed by atoms with Crippen molar-refractivity contribution in [2.24, 2.45) is 0 Å². The van der Waals surface area contributed by atoms with E-state index in [-0.39, 0.29) is 5.56 Å². The topological polar surface area (TPSA) is 67.9 Å². The van der Waals surface area contributed by atoms with E-state index in [1.807, 2.05) is 12.1 Å². The van der Waals surface area contributed by atoms with Crippen LogP contribution in [-0.2, 0) is 9.53 Å². The number of benzene rings is 2. The molecule has 2 aromatic rings. The van der Waals surface area contributed by atoms with Gasteiger partial charge in [-0.15, -0.1) is 0 Å². The van der Waals surface area contributed by atoms with Gasteiger partial charge in [0.05, 0.1) is 12.7 Å². The van der Waals surface area contributed by atoms with Crippen LogP contribution in [0.25, 0.3) is 0 Å². The quantitative estimate of drug-likeness (QED) is 0.789. The molecule has 7 heteroatoms. The standard InChI is InChI=1S/C20H21FN2O4/c1-26-16-8-9-17(18(21)12-16)20(25)27-13-19(24)22-14-4-6-15(7-5-14)23-10-2-3-11-23/h4-9,12H,2-3,10-11,13H2,1H3,(H,22,24). The predicted molar refractivity (Wildman–Crippen MR) is 99.8 cm³/mol. The van der Waals surface area contributed by atoms with Crippen LogP contribution in [0.4, 0.5) is 15.8 Å². The van der Waals surface area contributed by atoms with E-state index in [0.717, 1.165) is 24.8 Å². The number of esters is 1. The average molecular weight is 372 g/mol. The number of hydrogen-bond acceptors (Lipinski definition) is 5. The van der Waals surface area contributed by atoms with Crippen molar-refractivity contribution in [3.05, 3.63) is 53.8 Å². The lowest BCUT2D eigenvalue weighted by molar-refractivity contribution is -0.119. The Labute approximate surface area is 156 Å². The van der Waals surface area contributed by atoms with Crippen LogP contribution in [0.3, 0.4) is 0 Å². The smallest absolute Gasteiger partial charge is 0.341 e. The van der Waals surface area contributed by atoms with Crippen LogP contribution < -0.4 is 15.0 Å². The second-order valence-electron chi connectivity index (χ2n) is 6.21. The number of nitrogens with one attached hydrogen (secondary N) is 1. The summed E-state index contributed by atoms with van der Waals surface area (Å²) < 4.78 is 23.6. The summed E-state index contributed by atoms with van der Waals surface area (Å²) >= 11 is 0. The fraction of sp³-hybridized carbons (Fsp3) is 0.300. The molecule has 3 rings (SSSR count). The van der Waals surface area contributed by atoms with Gasteiger partial charge in [-0.1, -0.05) is 0 Å². The molecular formula is C20H21FN2O4. The number of nitrogens with zero attached hydrogens (tertiary/aromatic N) is 1. The van der Waals surface area contributed by atoms with Gasteiger partial charge in [0.2, 0.25) is 0 Å². The molecule has 1 aliphatic heterocycles. The normalized spacial score (nSPS) is 13.3. The maximum absolute atomic E-state index is 13.8. The molecule has 0 spiro atoms. The molecule has 1 N–H and O–H groups in total. The van der Waals surface area contributed by atoms with E-state index < -0.39 is 24.3 Å². The van der Waals surface area contributed by atoms with Crippen LogP contribution in [0.15, 0.2) is 42.5 Å². The van der Waals surface area contributed by atoms with Crippen LogP contribution in [-0.4, -0.2) is 38.7 Å². The number of carbonyl (C=O) groups excluding carboxylic acids is 2. The van der Waals surface area contributed by atoms with Crippen molar-refractivity contribution in [1.82, 2.24) is 0 Å². The minimum atomic E-state index is -0.908. The van der Waals surface area contributed by atoms with Crippen LogP contribution in [0, 0.1) is 5.82 Å². The predicted octanol–water partition coefficient (Wildman–Crippen LogP) is 3.23. The summed E-state index contributed by atoms with van der Waals surface area (Å²) in [5.74, 6) is -1.88. The fourth-order valence-electron chi connectivity index (χ4n) is 2.93. The Balaban J connectivity index is 1.51. The lowest BCUT2D eigenvalue weighted by Crippen LogP contribution is -2.21. The number of ether oxygens (including phenoxy) is 2. The van der Waals surface area contributed by atoms with Gasteiger partial charge < -0.3 is 19.7 Å². The lowest BCUT2D eigenvalue weighted by Gasteiger charge is -2.17. The zero-order valence-electron chi connectivity index (χ0n) is 15.0. The second-order valence-corrected chi connectivity index (χ2v) is 6.21. The van der Waals surface area contributed by atoms with Gasteiger partial charge in [0.15, 0.2) is 6.61 Å². The van der Waals surface area contributed by atoms with Crippen molar-refractivity contribution in [2.45, 2.75) is 12.8 Å². The van der Waals surface area contributed by atoms with E-state index >= 15 is 0 Å². The highest BCUT2D eigenvalue weighted by Gasteiger charge is 2.16. The molecule has 6 nitrogen and oxygen atoms in total. The zero-order valence-corrected chi connectivity index (χ0v) is 15.0. The Hall–Kier alpha value is -3.09. The highest BCUT2D eigenvalue weighted by molar-refractivity contribution is 5.95. The van der Waals surface area contributed by atoms with Gasteiger partial charge >= 0.3 is 5.97 Å². The number of halogens is 1. The summed E-state index contributed by atoms with van der Waals surface area (Å²) in [5.41, 5.74) is 1.47. The zero-order chi connectivity index (χ0) is 19.2. The SMILES string of the molecule is COc1ccc(C(=O)OCC(=O)Nc2ccc(N3CCCC3)cc2)c(F)c1. The lowest BCUT2D eigenvalue weighted by atomic mass is 10.2. The highest BCUT2D eigenvalue weighted by Crippen LogP contribution is 2.22. The molecule has 2 aromatic carbocycles. The van der Waals surface area contributed by atoms with Crippen molar-refractivity contribution >= 4 is 23.3 Å². The number of amides is 1. The monoisotopic (exact) mass is 372 g/mol. The Morgan fingerprint density at radius 3 is 2.44 bits per heavy atom. The van der Waals surface area contributed by atoms with Crippen LogP contribution in [0.2, 0.25) is 0 Å². The molecule has 0 bridgehead atoms. The first-order valence-electron chi connectivity index (χ1n) is 8.72. The molecule has 0 unspecified atom stereocenters. The molecule has 0 aliphatic carbocycles. The Bertz CT molecular complexity index is 817. The molecule has 0 atom stereocenters. The largest absolute Gasteiger partial charge is 0.497 e. The van der Waals surface area contributed by atoms with Gasteiger partial charge in [-0.2, -0.15) is 0 Å². The molecule has 1 amide bonds. The van der Waals surface area contributed by atoms with Gasteiger partial charge in [-0.25, -0.2) is 9.18 Å². The molecule has 0 aromatic heterocycles. The van der Waals surface area contributed by atoms with E-state index in [2.05, 4.69) is 10.2 Å². The summed E-state index contributed by atoms with van der Waals surface area (Å²) in [6, 6.07) is 11.3. The first kappa shape index (κ1) is 18.7. The number of rotatable bonds is 6. The number of anilines is 2. The third kappa shape index (κ3) is 4.75. The van der Waals surface area contributed by atoms with Crippen LogP contribution >= 0.6 is 0 Å². The molecule has 0 saturated carbocycles. The van der Waals surface area contributed by atoms with Gasteiger partial charge in [0, 0.05) is 30.5 Å². The first-order chi connectivity index (χ1) is 13.1. The molecule has 1 aliphatic rings. The number of hydrogen-bond donors (Lipinski definition) is 1. The van der Waals surface area contributed by atoms with Gasteiger partial charge in [0.25, 0.3) is 5.91 Å². The van der Waals surface area contributed by atoms with Crippen molar-refractivity contribution < 1.29 is 23.5 Å².